The van der Waals surface area contributed by atoms with Gasteiger partial charge in [0.25, 0.3) is 0 Å². The molecule has 0 fully saturated rings. The van der Waals surface area contributed by atoms with E-state index in [2.05, 4.69) is 32.2 Å². The summed E-state index contributed by atoms with van der Waals surface area (Å²) in [6.45, 7) is 6.39. The Morgan fingerprint density at radius 1 is 1.44 bits per heavy atom. The van der Waals surface area contributed by atoms with Crippen LogP contribution < -0.4 is 5.32 Å². The second-order valence-electron chi connectivity index (χ2n) is 6.28. The Bertz CT molecular complexity index is 302. The lowest BCUT2D eigenvalue weighted by molar-refractivity contribution is -0.122. The zero-order valence-corrected chi connectivity index (χ0v) is 12.0. The van der Waals surface area contributed by atoms with E-state index >= 15 is 0 Å². The average molecular weight is 253 g/mol. The molecule has 1 rings (SSSR count). The van der Waals surface area contributed by atoms with E-state index in [0.29, 0.717) is 12.8 Å². The molecule has 0 aromatic carbocycles. The molecule has 0 saturated heterocycles. The van der Waals surface area contributed by atoms with Crippen LogP contribution in [0.25, 0.3) is 0 Å². The molecule has 0 heterocycles. The first kappa shape index (κ1) is 15.2. The molecule has 18 heavy (non-hydrogen) atoms. The highest BCUT2D eigenvalue weighted by atomic mass is 16.3. The molecule has 0 bridgehead atoms. The third-order valence-corrected chi connectivity index (χ3v) is 3.57. The Morgan fingerprint density at radius 2 is 2.17 bits per heavy atom. The van der Waals surface area contributed by atoms with Crippen LogP contribution in [-0.4, -0.2) is 23.7 Å². The number of hydrogen-bond donors (Lipinski definition) is 2. The van der Waals surface area contributed by atoms with Crippen LogP contribution in [0.3, 0.4) is 0 Å². The van der Waals surface area contributed by atoms with Crippen LogP contribution in [0.15, 0.2) is 11.6 Å². The summed E-state index contributed by atoms with van der Waals surface area (Å²) < 4.78 is 0. The first-order valence-corrected chi connectivity index (χ1v) is 7.01. The number of carbonyl (C=O) groups is 1. The Kier molecular flexibility index (Phi) is 5.86. The Hall–Kier alpha value is -0.830. The summed E-state index contributed by atoms with van der Waals surface area (Å²) in [5.41, 5.74) is 1.26. The van der Waals surface area contributed by atoms with E-state index in [4.69, 9.17) is 5.11 Å². The summed E-state index contributed by atoms with van der Waals surface area (Å²) in [6, 6.07) is 0.0409. The first-order chi connectivity index (χ1) is 8.43. The molecule has 104 valence electrons. The van der Waals surface area contributed by atoms with Gasteiger partial charge in [-0.3, -0.25) is 4.79 Å². The molecular weight excluding hydrogens is 226 g/mol. The van der Waals surface area contributed by atoms with Crippen molar-refractivity contribution >= 4 is 5.91 Å². The molecule has 0 aromatic heterocycles. The molecule has 0 saturated carbocycles. The van der Waals surface area contributed by atoms with Crippen LogP contribution in [0, 0.1) is 5.41 Å². The molecule has 2 N–H and O–H groups in total. The maximum atomic E-state index is 12.0. The summed E-state index contributed by atoms with van der Waals surface area (Å²) >= 11 is 0. The van der Waals surface area contributed by atoms with Crippen LogP contribution in [0.4, 0.5) is 0 Å². The van der Waals surface area contributed by atoms with E-state index in [0.717, 1.165) is 12.8 Å². The molecule has 0 aromatic rings. The number of hydrogen-bond acceptors (Lipinski definition) is 2. The molecule has 0 aliphatic heterocycles. The number of amides is 1. The van der Waals surface area contributed by atoms with Gasteiger partial charge in [0, 0.05) is 19.1 Å². The lowest BCUT2D eigenvalue weighted by Gasteiger charge is -2.31. The van der Waals surface area contributed by atoms with Crippen LogP contribution in [0.2, 0.25) is 0 Å². The molecule has 1 aliphatic carbocycles. The van der Waals surface area contributed by atoms with Gasteiger partial charge >= 0.3 is 0 Å². The third kappa shape index (κ3) is 5.21. The quantitative estimate of drug-likeness (QED) is 0.740. The van der Waals surface area contributed by atoms with Gasteiger partial charge in [-0.2, -0.15) is 0 Å². The molecule has 3 heteroatoms. The SMILES string of the molecule is CC(C)(C)C(CCO)NC(=O)CC1=CCCCC1. The largest absolute Gasteiger partial charge is 0.396 e. The minimum atomic E-state index is -0.0145. The Labute approximate surface area is 111 Å². The molecule has 1 amide bonds. The third-order valence-electron chi connectivity index (χ3n) is 3.57. The topological polar surface area (TPSA) is 49.3 Å². The fraction of sp³-hybridized carbons (Fsp3) is 0.800. The fourth-order valence-electron chi connectivity index (χ4n) is 2.37. The fourth-order valence-corrected chi connectivity index (χ4v) is 2.37. The van der Waals surface area contributed by atoms with E-state index in [9.17, 15) is 4.79 Å². The number of aliphatic hydroxyl groups is 1. The van der Waals surface area contributed by atoms with E-state index < -0.39 is 0 Å². The van der Waals surface area contributed by atoms with Crippen molar-refractivity contribution in [2.24, 2.45) is 5.41 Å². The molecule has 1 unspecified atom stereocenters. The molecule has 0 radical (unpaired) electrons. The maximum Gasteiger partial charge on any atom is 0.224 e. The van der Waals surface area contributed by atoms with E-state index in [1.54, 1.807) is 0 Å². The van der Waals surface area contributed by atoms with Crippen molar-refractivity contribution in [2.45, 2.75) is 65.3 Å². The van der Waals surface area contributed by atoms with Crippen molar-refractivity contribution in [3.63, 3.8) is 0 Å². The van der Waals surface area contributed by atoms with Crippen molar-refractivity contribution in [3.05, 3.63) is 11.6 Å². The summed E-state index contributed by atoms with van der Waals surface area (Å²) in [4.78, 5) is 12.0. The van der Waals surface area contributed by atoms with Crippen LogP contribution in [0.1, 0.15) is 59.3 Å². The highest BCUT2D eigenvalue weighted by molar-refractivity contribution is 5.78. The predicted molar refractivity (Wildman–Crippen MR) is 74.3 cm³/mol. The zero-order valence-electron chi connectivity index (χ0n) is 12.0. The van der Waals surface area contributed by atoms with Gasteiger partial charge in [0.1, 0.15) is 0 Å². The van der Waals surface area contributed by atoms with E-state index in [1.807, 2.05) is 0 Å². The molecule has 3 nitrogen and oxygen atoms in total. The van der Waals surface area contributed by atoms with Gasteiger partial charge in [-0.05, 0) is 37.5 Å². The van der Waals surface area contributed by atoms with Crippen molar-refractivity contribution in [2.75, 3.05) is 6.61 Å². The second-order valence-corrected chi connectivity index (χ2v) is 6.28. The smallest absolute Gasteiger partial charge is 0.224 e. The average Bonchev–Trinajstić information content (AvgIpc) is 2.28. The van der Waals surface area contributed by atoms with Gasteiger partial charge < -0.3 is 10.4 Å². The number of aliphatic hydroxyl groups excluding tert-OH is 1. The normalized spacial score (nSPS) is 18.1. The van der Waals surface area contributed by atoms with E-state index in [-0.39, 0.29) is 24.0 Å². The van der Waals surface area contributed by atoms with Gasteiger partial charge in [-0.15, -0.1) is 0 Å². The summed E-state index contributed by atoms with van der Waals surface area (Å²) in [5.74, 6) is 0.0940. The van der Waals surface area contributed by atoms with Crippen molar-refractivity contribution in [1.29, 1.82) is 0 Å². The number of carbonyl (C=O) groups excluding carboxylic acids is 1. The molecule has 1 atom stereocenters. The zero-order chi connectivity index (χ0) is 13.6. The minimum absolute atomic E-state index is 0.0145. The highest BCUT2D eigenvalue weighted by Gasteiger charge is 2.25. The minimum Gasteiger partial charge on any atom is -0.396 e. The Balaban J connectivity index is 2.48. The maximum absolute atomic E-state index is 12.0. The van der Waals surface area contributed by atoms with Gasteiger partial charge in [0.05, 0.1) is 0 Å². The lowest BCUT2D eigenvalue weighted by atomic mass is 9.84. The number of nitrogens with one attached hydrogen (secondary N) is 1. The van der Waals surface area contributed by atoms with Crippen LogP contribution in [-0.2, 0) is 4.79 Å². The highest BCUT2D eigenvalue weighted by Crippen LogP contribution is 2.23. The second kappa shape index (κ2) is 6.93. The van der Waals surface area contributed by atoms with Crippen molar-refractivity contribution < 1.29 is 9.90 Å². The van der Waals surface area contributed by atoms with Gasteiger partial charge in [-0.1, -0.05) is 32.4 Å². The number of rotatable bonds is 5. The molecular formula is C15H27NO2. The van der Waals surface area contributed by atoms with E-state index in [1.165, 1.54) is 18.4 Å². The van der Waals surface area contributed by atoms with Crippen LogP contribution >= 0.6 is 0 Å². The summed E-state index contributed by atoms with van der Waals surface area (Å²) in [5, 5.41) is 12.1. The standard InChI is InChI=1S/C15H27NO2/c1-15(2,3)13(9-10-17)16-14(18)11-12-7-5-4-6-8-12/h7,13,17H,4-6,8-11H2,1-3H3,(H,16,18). The predicted octanol–water partition coefficient (Wildman–Crippen LogP) is 2.79. The van der Waals surface area contributed by atoms with Crippen molar-refractivity contribution in [1.82, 2.24) is 5.32 Å². The monoisotopic (exact) mass is 253 g/mol. The molecule has 1 aliphatic rings. The first-order valence-electron chi connectivity index (χ1n) is 7.01. The summed E-state index contributed by atoms with van der Waals surface area (Å²) in [6.07, 6.45) is 7.99. The van der Waals surface area contributed by atoms with Crippen molar-refractivity contribution in [3.8, 4) is 0 Å². The number of allylic oxidation sites excluding steroid dienone is 1. The van der Waals surface area contributed by atoms with Crippen LogP contribution in [0.5, 0.6) is 0 Å². The van der Waals surface area contributed by atoms with Gasteiger partial charge in [-0.25, -0.2) is 0 Å². The Morgan fingerprint density at radius 3 is 2.67 bits per heavy atom. The molecule has 0 spiro atoms. The van der Waals surface area contributed by atoms with Gasteiger partial charge in [0.2, 0.25) is 5.91 Å². The summed E-state index contributed by atoms with van der Waals surface area (Å²) in [7, 11) is 0. The lowest BCUT2D eigenvalue weighted by Crippen LogP contribution is -2.44. The van der Waals surface area contributed by atoms with Gasteiger partial charge in [0.15, 0.2) is 0 Å².